The fourth-order valence-corrected chi connectivity index (χ4v) is 5.65. The highest BCUT2D eigenvalue weighted by Crippen LogP contribution is 2.39. The summed E-state index contributed by atoms with van der Waals surface area (Å²) in [6, 6.07) is 10.1. The Kier molecular flexibility index (Phi) is 5.64. The summed E-state index contributed by atoms with van der Waals surface area (Å²) in [6.07, 6.45) is 3.92. The van der Waals surface area contributed by atoms with Crippen LogP contribution in [0.1, 0.15) is 52.0 Å². The molecule has 0 bridgehead atoms. The Balaban J connectivity index is 1.63. The molecular formula is C21H28ClNO2S. The van der Waals surface area contributed by atoms with Crippen LogP contribution in [0.3, 0.4) is 0 Å². The van der Waals surface area contributed by atoms with E-state index >= 15 is 0 Å². The van der Waals surface area contributed by atoms with Crippen LogP contribution in [0.5, 0.6) is 0 Å². The molecule has 1 aliphatic carbocycles. The number of hydrogen-bond donors (Lipinski definition) is 0. The van der Waals surface area contributed by atoms with E-state index < -0.39 is 14.6 Å². The quantitative estimate of drug-likeness (QED) is 0.722. The van der Waals surface area contributed by atoms with Gasteiger partial charge in [-0.3, -0.25) is 4.99 Å². The zero-order valence-corrected chi connectivity index (χ0v) is 17.4. The van der Waals surface area contributed by atoms with Gasteiger partial charge in [0, 0.05) is 5.56 Å². The second kappa shape index (κ2) is 7.47. The number of benzene rings is 1. The summed E-state index contributed by atoms with van der Waals surface area (Å²) in [5, 5.41) is 0.807. The van der Waals surface area contributed by atoms with Crippen molar-refractivity contribution in [2.45, 2.75) is 51.2 Å². The van der Waals surface area contributed by atoms with Crippen molar-refractivity contribution in [3.63, 3.8) is 0 Å². The number of aliphatic imine (C=N–C) groups is 1. The third-order valence-corrected chi connectivity index (χ3v) is 8.87. The molecule has 1 aliphatic heterocycles. The zero-order chi connectivity index (χ0) is 18.9. The SMILES string of the molecule is CC(C)(C)S(=O)(=O)CC1CCC(C2=C(Cl)C(c3ccccc3)=NC2)CC1. The summed E-state index contributed by atoms with van der Waals surface area (Å²) in [6.45, 7) is 6.05. The van der Waals surface area contributed by atoms with E-state index in [1.807, 2.05) is 30.3 Å². The molecule has 0 atom stereocenters. The third-order valence-electron chi connectivity index (χ3n) is 5.67. The van der Waals surface area contributed by atoms with E-state index in [0.29, 0.717) is 18.2 Å². The first kappa shape index (κ1) is 19.6. The van der Waals surface area contributed by atoms with E-state index in [4.69, 9.17) is 11.6 Å². The summed E-state index contributed by atoms with van der Waals surface area (Å²) in [5.74, 6) is 1.01. The van der Waals surface area contributed by atoms with Gasteiger partial charge in [-0.25, -0.2) is 8.42 Å². The topological polar surface area (TPSA) is 46.5 Å². The number of allylic oxidation sites excluding steroid dienone is 1. The summed E-state index contributed by atoms with van der Waals surface area (Å²) in [7, 11) is -3.05. The van der Waals surface area contributed by atoms with Crippen LogP contribution >= 0.6 is 11.6 Å². The van der Waals surface area contributed by atoms with E-state index in [2.05, 4.69) is 4.99 Å². The lowest BCUT2D eigenvalue weighted by atomic mass is 9.79. The van der Waals surface area contributed by atoms with Crippen LogP contribution in [-0.4, -0.2) is 31.2 Å². The van der Waals surface area contributed by atoms with Gasteiger partial charge in [-0.15, -0.1) is 0 Å². The molecule has 0 saturated heterocycles. The summed E-state index contributed by atoms with van der Waals surface area (Å²) >= 11 is 6.67. The minimum atomic E-state index is -3.05. The van der Waals surface area contributed by atoms with Crippen molar-refractivity contribution in [3.05, 3.63) is 46.5 Å². The predicted octanol–water partition coefficient (Wildman–Crippen LogP) is 5.00. The number of hydrogen-bond acceptors (Lipinski definition) is 3. The van der Waals surface area contributed by atoms with Crippen molar-refractivity contribution < 1.29 is 8.42 Å². The molecule has 2 aliphatic rings. The molecule has 0 radical (unpaired) electrons. The summed E-state index contributed by atoms with van der Waals surface area (Å²) in [5.41, 5.74) is 3.21. The molecule has 26 heavy (non-hydrogen) atoms. The van der Waals surface area contributed by atoms with Gasteiger partial charge in [0.25, 0.3) is 0 Å². The molecule has 0 unspecified atom stereocenters. The molecule has 0 aromatic heterocycles. The lowest BCUT2D eigenvalue weighted by molar-refractivity contribution is 0.319. The number of halogens is 1. The van der Waals surface area contributed by atoms with E-state index in [9.17, 15) is 8.42 Å². The maximum atomic E-state index is 12.5. The largest absolute Gasteiger partial charge is 0.279 e. The van der Waals surface area contributed by atoms with Crippen molar-refractivity contribution in [1.29, 1.82) is 0 Å². The monoisotopic (exact) mass is 393 g/mol. The summed E-state index contributed by atoms with van der Waals surface area (Å²) in [4.78, 5) is 4.67. The van der Waals surface area contributed by atoms with Crippen LogP contribution in [0.4, 0.5) is 0 Å². The van der Waals surface area contributed by atoms with Gasteiger partial charge in [-0.1, -0.05) is 41.9 Å². The van der Waals surface area contributed by atoms with Gasteiger partial charge < -0.3 is 0 Å². The fourth-order valence-electron chi connectivity index (χ4n) is 3.82. The van der Waals surface area contributed by atoms with Crippen molar-refractivity contribution in [1.82, 2.24) is 0 Å². The van der Waals surface area contributed by atoms with E-state index in [1.54, 1.807) is 20.8 Å². The highest BCUT2D eigenvalue weighted by Gasteiger charge is 2.35. The lowest BCUT2D eigenvalue weighted by Crippen LogP contribution is -2.34. The first-order valence-electron chi connectivity index (χ1n) is 9.40. The fraction of sp³-hybridized carbons (Fsp3) is 0.571. The second-order valence-corrected chi connectivity index (χ2v) is 11.6. The van der Waals surface area contributed by atoms with Crippen LogP contribution in [-0.2, 0) is 9.84 Å². The molecule has 1 saturated carbocycles. The van der Waals surface area contributed by atoms with Gasteiger partial charge in [0.05, 0.1) is 27.8 Å². The molecule has 142 valence electrons. The first-order valence-corrected chi connectivity index (χ1v) is 11.4. The molecule has 0 amide bonds. The Hall–Kier alpha value is -1.13. The van der Waals surface area contributed by atoms with Gasteiger partial charge in [0.15, 0.2) is 9.84 Å². The standard InChI is InChI=1S/C21H28ClNO2S/c1-21(2,3)26(24,25)14-15-9-11-16(12-10-15)18-13-23-20(19(18)22)17-7-5-4-6-8-17/h4-8,15-16H,9-14H2,1-3H3. The van der Waals surface area contributed by atoms with E-state index in [1.165, 1.54) is 5.57 Å². The molecule has 1 fully saturated rings. The number of rotatable bonds is 4. The smallest absolute Gasteiger partial charge is 0.155 e. The van der Waals surface area contributed by atoms with Crippen molar-refractivity contribution in [2.75, 3.05) is 12.3 Å². The second-order valence-electron chi connectivity index (χ2n) is 8.48. The molecule has 1 aromatic carbocycles. The predicted molar refractivity (Wildman–Crippen MR) is 110 cm³/mol. The number of nitrogens with zero attached hydrogens (tertiary/aromatic N) is 1. The Labute approximate surface area is 162 Å². The van der Waals surface area contributed by atoms with E-state index in [0.717, 1.165) is 42.0 Å². The van der Waals surface area contributed by atoms with Crippen LogP contribution in [0.25, 0.3) is 0 Å². The molecule has 3 rings (SSSR count). The lowest BCUT2D eigenvalue weighted by Gasteiger charge is -2.31. The highest BCUT2D eigenvalue weighted by molar-refractivity contribution is 7.92. The van der Waals surface area contributed by atoms with Crippen molar-refractivity contribution in [3.8, 4) is 0 Å². The molecule has 5 heteroatoms. The molecular weight excluding hydrogens is 366 g/mol. The van der Waals surface area contributed by atoms with Crippen LogP contribution in [0, 0.1) is 11.8 Å². The third kappa shape index (κ3) is 4.07. The minimum absolute atomic E-state index is 0.269. The summed E-state index contributed by atoms with van der Waals surface area (Å²) < 4.78 is 24.3. The molecule has 1 heterocycles. The van der Waals surface area contributed by atoms with Gasteiger partial charge in [0.1, 0.15) is 0 Å². The Morgan fingerprint density at radius 2 is 1.69 bits per heavy atom. The van der Waals surface area contributed by atoms with Crippen molar-refractivity contribution in [2.24, 2.45) is 16.8 Å². The van der Waals surface area contributed by atoms with Gasteiger partial charge >= 0.3 is 0 Å². The van der Waals surface area contributed by atoms with Crippen LogP contribution < -0.4 is 0 Å². The van der Waals surface area contributed by atoms with Gasteiger partial charge in [-0.2, -0.15) is 0 Å². The molecule has 0 N–H and O–H groups in total. The minimum Gasteiger partial charge on any atom is -0.279 e. The number of sulfone groups is 1. The zero-order valence-electron chi connectivity index (χ0n) is 15.8. The van der Waals surface area contributed by atoms with Crippen LogP contribution in [0.15, 0.2) is 45.9 Å². The highest BCUT2D eigenvalue weighted by atomic mass is 35.5. The Morgan fingerprint density at radius 3 is 2.27 bits per heavy atom. The maximum absolute atomic E-state index is 12.5. The van der Waals surface area contributed by atoms with Crippen molar-refractivity contribution >= 4 is 27.1 Å². The maximum Gasteiger partial charge on any atom is 0.155 e. The Morgan fingerprint density at radius 1 is 1.08 bits per heavy atom. The molecule has 3 nitrogen and oxygen atoms in total. The first-order chi connectivity index (χ1) is 12.2. The molecule has 0 spiro atoms. The normalized spacial score (nSPS) is 24.7. The average molecular weight is 394 g/mol. The van der Waals surface area contributed by atoms with E-state index in [-0.39, 0.29) is 5.92 Å². The molecule has 1 aromatic rings. The van der Waals surface area contributed by atoms with Gasteiger partial charge in [-0.05, 0) is 63.9 Å². The van der Waals surface area contributed by atoms with Crippen LogP contribution in [0.2, 0.25) is 0 Å². The average Bonchev–Trinajstić information content (AvgIpc) is 2.96. The Bertz CT molecular complexity index is 811. The van der Waals surface area contributed by atoms with Gasteiger partial charge in [0.2, 0.25) is 0 Å².